The van der Waals surface area contributed by atoms with Crippen molar-refractivity contribution in [1.82, 2.24) is 8.97 Å². The third-order valence-corrected chi connectivity index (χ3v) is 4.10. The number of halogens is 2. The van der Waals surface area contributed by atoms with Gasteiger partial charge in [-0.1, -0.05) is 29.3 Å². The molecule has 0 bridgehead atoms. The van der Waals surface area contributed by atoms with E-state index in [1.807, 2.05) is 35.9 Å². The van der Waals surface area contributed by atoms with Gasteiger partial charge in [0, 0.05) is 30.7 Å². The molecule has 0 saturated heterocycles. The second-order valence-electron chi connectivity index (χ2n) is 4.50. The van der Waals surface area contributed by atoms with Crippen molar-refractivity contribution in [3.8, 4) is 11.1 Å². The fourth-order valence-electron chi connectivity index (χ4n) is 2.30. The van der Waals surface area contributed by atoms with Crippen molar-refractivity contribution in [2.45, 2.75) is 13.5 Å². The Balaban J connectivity index is 2.31. The minimum Gasteiger partial charge on any atom is -0.317 e. The normalized spacial score (nSPS) is 11.2. The zero-order chi connectivity index (χ0) is 14.3. The molecule has 0 spiro atoms. The van der Waals surface area contributed by atoms with Crippen molar-refractivity contribution in [3.63, 3.8) is 0 Å². The molecule has 2 heterocycles. The summed E-state index contributed by atoms with van der Waals surface area (Å²) in [4.78, 5) is 12.4. The Kier molecular flexibility index (Phi) is 3.32. The van der Waals surface area contributed by atoms with E-state index in [1.54, 1.807) is 22.9 Å². The van der Waals surface area contributed by atoms with E-state index in [2.05, 4.69) is 0 Å². The maximum absolute atomic E-state index is 12.4. The van der Waals surface area contributed by atoms with Crippen molar-refractivity contribution in [2.75, 3.05) is 0 Å². The van der Waals surface area contributed by atoms with E-state index in [4.69, 9.17) is 23.2 Å². The molecule has 2 aromatic heterocycles. The lowest BCUT2D eigenvalue weighted by atomic mass is 10.1. The van der Waals surface area contributed by atoms with Crippen LogP contribution in [0, 0.1) is 0 Å². The predicted molar refractivity (Wildman–Crippen MR) is 82.8 cm³/mol. The molecule has 0 aliphatic rings. The molecule has 3 nitrogen and oxygen atoms in total. The lowest BCUT2D eigenvalue weighted by Gasteiger charge is -2.05. The molecule has 0 atom stereocenters. The molecule has 0 radical (unpaired) electrons. The van der Waals surface area contributed by atoms with Crippen LogP contribution >= 0.6 is 23.2 Å². The fourth-order valence-corrected chi connectivity index (χ4v) is 2.60. The van der Waals surface area contributed by atoms with Gasteiger partial charge in [-0.15, -0.1) is 0 Å². The molecule has 0 N–H and O–H groups in total. The first-order chi connectivity index (χ1) is 9.61. The number of aromatic nitrogens is 2. The average molecular weight is 307 g/mol. The van der Waals surface area contributed by atoms with Crippen molar-refractivity contribution in [1.29, 1.82) is 0 Å². The van der Waals surface area contributed by atoms with E-state index in [0.717, 1.165) is 11.1 Å². The van der Waals surface area contributed by atoms with Crippen molar-refractivity contribution < 1.29 is 0 Å². The van der Waals surface area contributed by atoms with Crippen LogP contribution in [0.15, 0.2) is 47.7 Å². The van der Waals surface area contributed by atoms with Gasteiger partial charge >= 0.3 is 0 Å². The molecule has 0 aliphatic carbocycles. The highest BCUT2D eigenvalue weighted by atomic mass is 35.5. The third kappa shape index (κ3) is 2.03. The summed E-state index contributed by atoms with van der Waals surface area (Å²) < 4.78 is 3.50. The quantitative estimate of drug-likeness (QED) is 0.700. The maximum atomic E-state index is 12.4. The SMILES string of the molecule is CCn1ccn2ccc(-c3ccc(Cl)c(Cl)c3)c2c1=O. The van der Waals surface area contributed by atoms with Gasteiger partial charge in [-0.2, -0.15) is 0 Å². The number of rotatable bonds is 2. The highest BCUT2D eigenvalue weighted by molar-refractivity contribution is 6.42. The zero-order valence-electron chi connectivity index (χ0n) is 10.8. The van der Waals surface area contributed by atoms with Gasteiger partial charge in [-0.25, -0.2) is 0 Å². The van der Waals surface area contributed by atoms with Gasteiger partial charge < -0.3 is 8.97 Å². The van der Waals surface area contributed by atoms with Crippen LogP contribution in [0.25, 0.3) is 16.6 Å². The molecule has 3 aromatic rings. The zero-order valence-corrected chi connectivity index (χ0v) is 12.3. The number of nitrogens with zero attached hydrogens (tertiary/aromatic N) is 2. The van der Waals surface area contributed by atoms with Gasteiger partial charge in [-0.3, -0.25) is 4.79 Å². The van der Waals surface area contributed by atoms with E-state index < -0.39 is 0 Å². The summed E-state index contributed by atoms with van der Waals surface area (Å²) >= 11 is 12.0. The second kappa shape index (κ2) is 5.00. The molecule has 1 aromatic carbocycles. The lowest BCUT2D eigenvalue weighted by molar-refractivity contribution is 0.722. The van der Waals surface area contributed by atoms with Crippen LogP contribution in [-0.2, 0) is 6.54 Å². The molecule has 5 heteroatoms. The Morgan fingerprint density at radius 1 is 1.05 bits per heavy atom. The van der Waals surface area contributed by atoms with Crippen molar-refractivity contribution >= 4 is 28.7 Å². The Morgan fingerprint density at radius 3 is 2.55 bits per heavy atom. The molecular weight excluding hydrogens is 295 g/mol. The molecule has 0 aliphatic heterocycles. The summed E-state index contributed by atoms with van der Waals surface area (Å²) in [5, 5.41) is 0.986. The molecule has 0 unspecified atom stereocenters. The van der Waals surface area contributed by atoms with Crippen LogP contribution < -0.4 is 5.56 Å². The highest BCUT2D eigenvalue weighted by Crippen LogP contribution is 2.30. The first kappa shape index (κ1) is 13.3. The maximum Gasteiger partial charge on any atom is 0.275 e. The Bertz CT molecular complexity index is 849. The lowest BCUT2D eigenvalue weighted by Crippen LogP contribution is -2.20. The van der Waals surface area contributed by atoms with E-state index in [9.17, 15) is 4.79 Å². The summed E-state index contributed by atoms with van der Waals surface area (Å²) in [5.41, 5.74) is 2.37. The van der Waals surface area contributed by atoms with Gasteiger partial charge in [0.2, 0.25) is 0 Å². The molecule has 3 rings (SSSR count). The summed E-state index contributed by atoms with van der Waals surface area (Å²) in [6.07, 6.45) is 5.53. The van der Waals surface area contributed by atoms with Crippen LogP contribution in [0.2, 0.25) is 10.0 Å². The average Bonchev–Trinajstić information content (AvgIpc) is 2.87. The minimum atomic E-state index is -0.0129. The summed E-state index contributed by atoms with van der Waals surface area (Å²) in [6.45, 7) is 2.58. The monoisotopic (exact) mass is 306 g/mol. The van der Waals surface area contributed by atoms with Crippen molar-refractivity contribution in [2.24, 2.45) is 0 Å². The number of fused-ring (bicyclic) bond motifs is 1. The van der Waals surface area contributed by atoms with Gasteiger partial charge in [0.25, 0.3) is 5.56 Å². The molecule has 0 saturated carbocycles. The second-order valence-corrected chi connectivity index (χ2v) is 5.32. The topological polar surface area (TPSA) is 26.4 Å². The van der Waals surface area contributed by atoms with E-state index in [-0.39, 0.29) is 5.56 Å². The summed E-state index contributed by atoms with van der Waals surface area (Å²) in [5.74, 6) is 0. The summed E-state index contributed by atoms with van der Waals surface area (Å²) in [6, 6.07) is 7.30. The van der Waals surface area contributed by atoms with Gasteiger partial charge in [0.15, 0.2) is 0 Å². The number of benzene rings is 1. The molecule has 20 heavy (non-hydrogen) atoms. The largest absolute Gasteiger partial charge is 0.317 e. The Labute approximate surface area is 126 Å². The van der Waals surface area contributed by atoms with Gasteiger partial charge in [0.05, 0.1) is 10.0 Å². The first-order valence-electron chi connectivity index (χ1n) is 6.27. The minimum absolute atomic E-state index is 0.0129. The van der Waals surface area contributed by atoms with Crippen LogP contribution in [0.4, 0.5) is 0 Å². The molecular formula is C15H12Cl2N2O. The van der Waals surface area contributed by atoms with Crippen LogP contribution in [0.3, 0.4) is 0 Å². The first-order valence-corrected chi connectivity index (χ1v) is 7.03. The van der Waals surface area contributed by atoms with Crippen LogP contribution in [0.1, 0.15) is 6.92 Å². The van der Waals surface area contributed by atoms with E-state index in [1.165, 1.54) is 0 Å². The summed E-state index contributed by atoms with van der Waals surface area (Å²) in [7, 11) is 0. The fraction of sp³-hybridized carbons (Fsp3) is 0.133. The van der Waals surface area contributed by atoms with Crippen LogP contribution in [-0.4, -0.2) is 8.97 Å². The smallest absolute Gasteiger partial charge is 0.275 e. The van der Waals surface area contributed by atoms with Crippen LogP contribution in [0.5, 0.6) is 0 Å². The Hall–Kier alpha value is -1.71. The predicted octanol–water partition coefficient (Wildman–Crippen LogP) is 4.09. The van der Waals surface area contributed by atoms with E-state index >= 15 is 0 Å². The molecule has 0 amide bonds. The standard InChI is InChI=1S/C15H12Cl2N2O/c1-2-18-7-8-19-6-5-11(14(19)15(18)20)10-3-4-12(16)13(17)9-10/h3-9H,2H2,1H3. The van der Waals surface area contributed by atoms with Crippen molar-refractivity contribution in [3.05, 3.63) is 63.3 Å². The Morgan fingerprint density at radius 2 is 1.85 bits per heavy atom. The highest BCUT2D eigenvalue weighted by Gasteiger charge is 2.11. The number of hydrogen-bond donors (Lipinski definition) is 0. The number of hydrogen-bond acceptors (Lipinski definition) is 1. The van der Waals surface area contributed by atoms with Gasteiger partial charge in [-0.05, 0) is 30.7 Å². The third-order valence-electron chi connectivity index (χ3n) is 3.36. The van der Waals surface area contributed by atoms with Gasteiger partial charge in [0.1, 0.15) is 5.52 Å². The van der Waals surface area contributed by atoms with E-state index in [0.29, 0.717) is 22.1 Å². The number of aryl methyl sites for hydroxylation is 1. The molecule has 102 valence electrons. The molecule has 0 fully saturated rings.